The third kappa shape index (κ3) is 5.21. The van der Waals surface area contributed by atoms with E-state index in [1.807, 2.05) is 48.5 Å². The van der Waals surface area contributed by atoms with Crippen molar-refractivity contribution < 1.29 is 4.42 Å². The number of aromatic nitrogens is 4. The van der Waals surface area contributed by atoms with Crippen LogP contribution in [0, 0.1) is 0 Å². The number of fused-ring (bicyclic) bond motifs is 6. The Labute approximate surface area is 322 Å². The highest BCUT2D eigenvalue weighted by molar-refractivity contribution is 6.18. The van der Waals surface area contributed by atoms with E-state index in [1.165, 1.54) is 21.9 Å². The van der Waals surface area contributed by atoms with Crippen LogP contribution < -0.4 is 0 Å². The second kappa shape index (κ2) is 13.0. The fourth-order valence-electron chi connectivity index (χ4n) is 8.12. The molecule has 0 atom stereocenters. The molecule has 0 bridgehead atoms. The zero-order valence-corrected chi connectivity index (χ0v) is 30.2. The maximum atomic E-state index is 6.88. The number of hydrogen-bond donors (Lipinski definition) is 0. The van der Waals surface area contributed by atoms with Crippen LogP contribution >= 0.6 is 0 Å². The van der Waals surface area contributed by atoms with Crippen LogP contribution in [0.5, 0.6) is 0 Å². The van der Waals surface area contributed by atoms with Crippen LogP contribution in [0.4, 0.5) is 0 Å². The third-order valence-corrected chi connectivity index (χ3v) is 10.7. The molecule has 5 nitrogen and oxygen atoms in total. The predicted molar refractivity (Wildman–Crippen MR) is 229 cm³/mol. The predicted octanol–water partition coefficient (Wildman–Crippen LogP) is 13.2. The van der Waals surface area contributed by atoms with Gasteiger partial charge in [-0.1, -0.05) is 170 Å². The van der Waals surface area contributed by atoms with E-state index < -0.39 is 0 Å². The molecule has 11 rings (SSSR count). The Kier molecular flexibility index (Phi) is 7.42. The van der Waals surface area contributed by atoms with Gasteiger partial charge in [-0.3, -0.25) is 0 Å². The van der Waals surface area contributed by atoms with Crippen LogP contribution in [0.2, 0.25) is 0 Å². The normalized spacial score (nSPS) is 11.6. The molecule has 3 aromatic heterocycles. The molecule has 262 valence electrons. The van der Waals surface area contributed by atoms with Crippen LogP contribution in [-0.4, -0.2) is 19.5 Å². The lowest BCUT2D eigenvalue weighted by atomic mass is 9.99. The quantitative estimate of drug-likeness (QED) is 0.172. The van der Waals surface area contributed by atoms with E-state index in [1.54, 1.807) is 0 Å². The molecule has 0 radical (unpaired) electrons. The smallest absolute Gasteiger partial charge is 0.164 e. The first-order valence-electron chi connectivity index (χ1n) is 18.8. The van der Waals surface area contributed by atoms with E-state index in [4.69, 9.17) is 19.4 Å². The van der Waals surface area contributed by atoms with Gasteiger partial charge >= 0.3 is 0 Å². The van der Waals surface area contributed by atoms with Crippen molar-refractivity contribution in [2.45, 2.75) is 0 Å². The van der Waals surface area contributed by atoms with Gasteiger partial charge in [0.2, 0.25) is 0 Å². The molecular weight excluding hydrogens is 685 g/mol. The van der Waals surface area contributed by atoms with E-state index in [9.17, 15) is 0 Å². The Morgan fingerprint density at radius 2 is 0.857 bits per heavy atom. The van der Waals surface area contributed by atoms with Gasteiger partial charge in [-0.2, -0.15) is 0 Å². The maximum absolute atomic E-state index is 6.88. The van der Waals surface area contributed by atoms with E-state index >= 15 is 0 Å². The molecule has 0 saturated carbocycles. The SMILES string of the molecule is c1ccc(-c2ccc(-c3nc(-c4ccccc4)nc(-c4cccc5oc6c(-n7c8ccccc8c8c(-c9ccccc9)cccc87)cccc6c45)n3)cc2)cc1. The summed E-state index contributed by atoms with van der Waals surface area (Å²) in [4.78, 5) is 15.3. The Balaban J connectivity index is 1.12. The molecule has 0 N–H and O–H groups in total. The van der Waals surface area contributed by atoms with Gasteiger partial charge in [-0.05, 0) is 46.5 Å². The molecule has 5 heteroatoms. The van der Waals surface area contributed by atoms with E-state index in [-0.39, 0.29) is 0 Å². The molecular formula is C51H32N4O. The highest BCUT2D eigenvalue weighted by atomic mass is 16.3. The summed E-state index contributed by atoms with van der Waals surface area (Å²) in [5.74, 6) is 1.81. The third-order valence-electron chi connectivity index (χ3n) is 10.7. The Morgan fingerprint density at radius 3 is 1.61 bits per heavy atom. The Hall–Kier alpha value is -7.63. The van der Waals surface area contributed by atoms with Gasteiger partial charge in [0.15, 0.2) is 23.1 Å². The first-order valence-corrected chi connectivity index (χ1v) is 18.8. The second-order valence-corrected chi connectivity index (χ2v) is 14.0. The zero-order valence-electron chi connectivity index (χ0n) is 30.2. The minimum absolute atomic E-state index is 0.587. The molecule has 0 fully saturated rings. The topological polar surface area (TPSA) is 56.7 Å². The minimum Gasteiger partial charge on any atom is -0.454 e. The number of hydrogen-bond acceptors (Lipinski definition) is 4. The standard InChI is InChI=1S/C51H32N4O/c1-4-15-33(16-5-1)34-29-31-37(32-30-34)50-52-49(36-19-8-3-9-20-36)53-51(54-50)41-24-14-28-45-47(41)40-23-13-27-44(48(40)56-45)55-42-25-11-10-21-39(42)46-38(22-12-26-43(46)55)35-17-6-2-7-18-35/h1-32H. The highest BCUT2D eigenvalue weighted by Crippen LogP contribution is 2.43. The summed E-state index contributed by atoms with van der Waals surface area (Å²) in [6, 6.07) is 67.3. The van der Waals surface area contributed by atoms with Gasteiger partial charge in [0, 0.05) is 38.2 Å². The average molecular weight is 717 g/mol. The van der Waals surface area contributed by atoms with Crippen molar-refractivity contribution in [3.05, 3.63) is 194 Å². The lowest BCUT2D eigenvalue weighted by Crippen LogP contribution is -2.00. The van der Waals surface area contributed by atoms with Crippen molar-refractivity contribution in [1.29, 1.82) is 0 Å². The molecule has 56 heavy (non-hydrogen) atoms. The minimum atomic E-state index is 0.587. The molecule has 0 amide bonds. The van der Waals surface area contributed by atoms with Crippen molar-refractivity contribution in [3.8, 4) is 62.1 Å². The van der Waals surface area contributed by atoms with Crippen molar-refractivity contribution in [1.82, 2.24) is 19.5 Å². The van der Waals surface area contributed by atoms with Gasteiger partial charge in [0.25, 0.3) is 0 Å². The number of furan rings is 1. The fourth-order valence-corrected chi connectivity index (χ4v) is 8.12. The second-order valence-electron chi connectivity index (χ2n) is 14.0. The molecule has 8 aromatic carbocycles. The summed E-state index contributed by atoms with van der Waals surface area (Å²) in [5, 5.41) is 4.36. The van der Waals surface area contributed by atoms with Crippen LogP contribution in [0.3, 0.4) is 0 Å². The molecule has 0 aliphatic carbocycles. The van der Waals surface area contributed by atoms with Crippen molar-refractivity contribution in [2.24, 2.45) is 0 Å². The molecule has 11 aromatic rings. The monoisotopic (exact) mass is 716 g/mol. The van der Waals surface area contributed by atoms with Crippen LogP contribution in [0.1, 0.15) is 0 Å². The maximum Gasteiger partial charge on any atom is 0.164 e. The fraction of sp³-hybridized carbons (Fsp3) is 0. The number of benzene rings is 8. The summed E-state index contributed by atoms with van der Waals surface area (Å²) in [6.07, 6.45) is 0. The summed E-state index contributed by atoms with van der Waals surface area (Å²) in [5.41, 5.74) is 12.2. The molecule has 0 saturated heterocycles. The van der Waals surface area contributed by atoms with Gasteiger partial charge in [-0.25, -0.2) is 15.0 Å². The Morgan fingerprint density at radius 1 is 0.339 bits per heavy atom. The summed E-state index contributed by atoms with van der Waals surface area (Å²) < 4.78 is 9.22. The first-order chi connectivity index (χ1) is 27.8. The van der Waals surface area contributed by atoms with Crippen molar-refractivity contribution in [3.63, 3.8) is 0 Å². The van der Waals surface area contributed by atoms with Crippen LogP contribution in [0.25, 0.3) is 106 Å². The van der Waals surface area contributed by atoms with Gasteiger partial charge in [-0.15, -0.1) is 0 Å². The van der Waals surface area contributed by atoms with Crippen molar-refractivity contribution in [2.75, 3.05) is 0 Å². The van der Waals surface area contributed by atoms with Gasteiger partial charge in [0.1, 0.15) is 5.58 Å². The van der Waals surface area contributed by atoms with Crippen molar-refractivity contribution >= 4 is 43.7 Å². The zero-order chi connectivity index (χ0) is 37.0. The van der Waals surface area contributed by atoms with Gasteiger partial charge in [0.05, 0.1) is 16.7 Å². The van der Waals surface area contributed by atoms with Gasteiger partial charge < -0.3 is 8.98 Å². The molecule has 0 unspecified atom stereocenters. The average Bonchev–Trinajstić information content (AvgIpc) is 3.84. The highest BCUT2D eigenvalue weighted by Gasteiger charge is 2.22. The first kappa shape index (κ1) is 31.9. The lowest BCUT2D eigenvalue weighted by molar-refractivity contribution is 0.666. The van der Waals surface area contributed by atoms with Crippen LogP contribution in [-0.2, 0) is 0 Å². The molecule has 0 aliphatic heterocycles. The summed E-state index contributed by atoms with van der Waals surface area (Å²) in [7, 11) is 0. The van der Waals surface area contributed by atoms with Crippen LogP contribution in [0.15, 0.2) is 199 Å². The van der Waals surface area contributed by atoms with E-state index in [0.717, 1.165) is 66.5 Å². The number of nitrogens with zero attached hydrogens (tertiary/aromatic N) is 4. The largest absolute Gasteiger partial charge is 0.454 e. The van der Waals surface area contributed by atoms with E-state index in [2.05, 4.69) is 150 Å². The molecule has 0 spiro atoms. The van der Waals surface area contributed by atoms with E-state index in [0.29, 0.717) is 17.5 Å². The summed E-state index contributed by atoms with van der Waals surface area (Å²) >= 11 is 0. The number of rotatable bonds is 6. The summed E-state index contributed by atoms with van der Waals surface area (Å²) in [6.45, 7) is 0. The lowest BCUT2D eigenvalue weighted by Gasteiger charge is -2.10. The molecule has 0 aliphatic rings. The number of para-hydroxylation sites is 2. The Bertz CT molecular complexity index is 3220. The molecule has 3 heterocycles.